The number of carbonyl (C=O) groups excluding carboxylic acids is 1. The van der Waals surface area contributed by atoms with E-state index in [0.717, 1.165) is 16.9 Å². The number of halogens is 2. The molecule has 36 heavy (non-hydrogen) atoms. The van der Waals surface area contributed by atoms with Crippen molar-refractivity contribution in [2.45, 2.75) is 41.2 Å². The van der Waals surface area contributed by atoms with Gasteiger partial charge in [-0.05, 0) is 48.9 Å². The number of amides is 1. The van der Waals surface area contributed by atoms with E-state index in [1.165, 1.54) is 5.56 Å². The van der Waals surface area contributed by atoms with Gasteiger partial charge in [-0.3, -0.25) is 4.79 Å². The van der Waals surface area contributed by atoms with Gasteiger partial charge in [0.05, 0.1) is 15.7 Å². The Hall–Kier alpha value is -3.55. The summed E-state index contributed by atoms with van der Waals surface area (Å²) in [6.07, 6.45) is 0. The van der Waals surface area contributed by atoms with Gasteiger partial charge in [0.25, 0.3) is 0 Å². The summed E-state index contributed by atoms with van der Waals surface area (Å²) in [5, 5.41) is 10.4. The number of hydrogen-bond acceptors (Lipinski definition) is 6. The Morgan fingerprint density at radius 2 is 1.44 bits per heavy atom. The fourth-order valence-electron chi connectivity index (χ4n) is 2.91. The molecule has 1 amide bonds. The van der Waals surface area contributed by atoms with Gasteiger partial charge in [-0.2, -0.15) is 4.98 Å². The summed E-state index contributed by atoms with van der Waals surface area (Å²) >= 11 is 12.1. The summed E-state index contributed by atoms with van der Waals surface area (Å²) in [5.41, 5.74) is 10.6. The Balaban J connectivity index is 0.00000109. The van der Waals surface area contributed by atoms with Crippen LogP contribution in [-0.2, 0) is 6.54 Å². The van der Waals surface area contributed by atoms with Gasteiger partial charge in [-0.25, -0.2) is 0 Å². The fraction of sp³-hybridized carbons (Fsp3) is 0.222. The van der Waals surface area contributed by atoms with Crippen molar-refractivity contribution in [2.75, 3.05) is 11.1 Å². The van der Waals surface area contributed by atoms with Crippen LogP contribution in [0.1, 0.15) is 49.5 Å². The third-order valence-corrected chi connectivity index (χ3v) is 5.33. The normalized spacial score (nSPS) is 9.86. The molecular formula is C27H31Cl2N5O2. The van der Waals surface area contributed by atoms with Crippen LogP contribution in [0.25, 0.3) is 11.4 Å². The van der Waals surface area contributed by atoms with Gasteiger partial charge in [-0.15, -0.1) is 0 Å². The van der Waals surface area contributed by atoms with Gasteiger partial charge < -0.3 is 20.9 Å². The molecule has 0 aliphatic rings. The number of aromatic nitrogens is 2. The zero-order valence-electron chi connectivity index (χ0n) is 21.0. The van der Waals surface area contributed by atoms with Crippen molar-refractivity contribution in [1.29, 1.82) is 0 Å². The molecule has 0 saturated carbocycles. The first-order valence-corrected chi connectivity index (χ1v) is 12.4. The van der Waals surface area contributed by atoms with E-state index in [1.54, 1.807) is 12.1 Å². The van der Waals surface area contributed by atoms with Crippen molar-refractivity contribution in [3.05, 3.63) is 87.7 Å². The van der Waals surface area contributed by atoms with Gasteiger partial charge in [0.15, 0.2) is 0 Å². The molecule has 0 radical (unpaired) electrons. The average molecular weight is 528 g/mol. The van der Waals surface area contributed by atoms with E-state index in [1.807, 2.05) is 83.1 Å². The van der Waals surface area contributed by atoms with E-state index in [4.69, 9.17) is 33.5 Å². The van der Waals surface area contributed by atoms with Crippen molar-refractivity contribution in [2.24, 2.45) is 0 Å². The molecule has 190 valence electrons. The first-order chi connectivity index (χ1) is 17.4. The number of nitrogens with one attached hydrogen (secondary N) is 2. The lowest BCUT2D eigenvalue weighted by atomic mass is 10.2. The highest BCUT2D eigenvalue weighted by molar-refractivity contribution is 6.39. The minimum Gasteiger partial charge on any atom is -0.396 e. The number of carbonyl (C=O) groups is 1. The second-order valence-corrected chi connectivity index (χ2v) is 7.96. The maximum atomic E-state index is 12.4. The van der Waals surface area contributed by atoms with Crippen molar-refractivity contribution in [3.63, 3.8) is 0 Å². The highest BCUT2D eigenvalue weighted by Crippen LogP contribution is 2.32. The summed E-state index contributed by atoms with van der Waals surface area (Å²) in [4.78, 5) is 16.5. The molecule has 4 aromatic rings. The molecule has 1 heterocycles. The molecule has 4 rings (SSSR count). The second-order valence-electron chi connectivity index (χ2n) is 7.15. The Morgan fingerprint density at radius 1 is 0.917 bits per heavy atom. The maximum Gasteiger partial charge on any atom is 0.316 e. The topological polar surface area (TPSA) is 106 Å². The lowest BCUT2D eigenvalue weighted by Gasteiger charge is -2.08. The molecule has 0 unspecified atom stereocenters. The van der Waals surface area contributed by atoms with Crippen LogP contribution in [0.4, 0.5) is 17.1 Å². The number of nitrogen functional groups attached to an aromatic ring is 1. The van der Waals surface area contributed by atoms with E-state index in [2.05, 4.69) is 20.8 Å². The van der Waals surface area contributed by atoms with Crippen molar-refractivity contribution < 1.29 is 9.32 Å². The minimum absolute atomic E-state index is 0.165. The minimum atomic E-state index is -0.488. The van der Waals surface area contributed by atoms with E-state index >= 15 is 0 Å². The third kappa shape index (κ3) is 7.73. The van der Waals surface area contributed by atoms with E-state index in [9.17, 15) is 4.79 Å². The zero-order valence-corrected chi connectivity index (χ0v) is 22.5. The van der Waals surface area contributed by atoms with Gasteiger partial charge in [0.1, 0.15) is 0 Å². The second kappa shape index (κ2) is 14.1. The summed E-state index contributed by atoms with van der Waals surface area (Å²) in [7, 11) is 0. The molecule has 0 bridgehead atoms. The molecule has 0 atom stereocenters. The van der Waals surface area contributed by atoms with Crippen LogP contribution in [0.15, 0.2) is 65.2 Å². The van der Waals surface area contributed by atoms with Crippen LogP contribution in [0.5, 0.6) is 0 Å². The lowest BCUT2D eigenvalue weighted by Crippen LogP contribution is -2.23. The molecule has 0 aliphatic heterocycles. The van der Waals surface area contributed by atoms with Crippen LogP contribution in [-0.4, -0.2) is 16.0 Å². The summed E-state index contributed by atoms with van der Waals surface area (Å²) in [6.45, 7) is 10.4. The molecule has 7 nitrogen and oxygen atoms in total. The molecule has 4 N–H and O–H groups in total. The van der Waals surface area contributed by atoms with Crippen LogP contribution in [0.3, 0.4) is 0 Å². The lowest BCUT2D eigenvalue weighted by molar-refractivity contribution is 0.0907. The summed E-state index contributed by atoms with van der Waals surface area (Å²) in [6, 6.07) is 19.0. The van der Waals surface area contributed by atoms with Gasteiger partial charge in [-0.1, -0.05) is 85.9 Å². The molecular weight excluding hydrogens is 497 g/mol. The maximum absolute atomic E-state index is 12.4. The Labute approximate surface area is 222 Å². The number of rotatable bonds is 6. The number of nitrogens with zero attached hydrogens (tertiary/aromatic N) is 2. The highest BCUT2D eigenvalue weighted by Gasteiger charge is 2.17. The molecule has 9 heteroatoms. The predicted octanol–water partition coefficient (Wildman–Crippen LogP) is 7.66. The molecule has 0 spiro atoms. The monoisotopic (exact) mass is 527 g/mol. The van der Waals surface area contributed by atoms with Crippen molar-refractivity contribution >= 4 is 46.2 Å². The SMILES string of the molecule is CC.CC.Cc1ccc(Nc2ccc(CNC(=O)c3nc(-c4cc(Cl)c(N)c(Cl)c4)no3)cc2)cc1. The standard InChI is InChI=1S/C23H19Cl2N5O2.2C2H6/c1-13-2-6-16(7-3-13)28-17-8-4-14(5-9-17)12-27-22(31)23-29-21(30-32-23)15-10-18(24)20(26)19(25)11-15;2*1-2/h2-11,28H,12,26H2,1H3,(H,27,31);2*1-2H3. The van der Waals surface area contributed by atoms with E-state index < -0.39 is 5.91 Å². The number of hydrogen-bond donors (Lipinski definition) is 3. The largest absolute Gasteiger partial charge is 0.396 e. The number of nitrogens with two attached hydrogens (primary N) is 1. The Kier molecular flexibility index (Phi) is 11.2. The first-order valence-electron chi connectivity index (χ1n) is 11.7. The molecule has 0 fully saturated rings. The van der Waals surface area contributed by atoms with Crippen LogP contribution >= 0.6 is 23.2 Å². The molecule has 0 aliphatic carbocycles. The van der Waals surface area contributed by atoms with Crippen molar-refractivity contribution in [3.8, 4) is 11.4 Å². The first kappa shape index (κ1) is 28.7. The van der Waals surface area contributed by atoms with Crippen LogP contribution in [0.2, 0.25) is 10.0 Å². The quantitative estimate of drug-likeness (QED) is 0.222. The van der Waals surface area contributed by atoms with Crippen LogP contribution < -0.4 is 16.4 Å². The average Bonchev–Trinajstić information content (AvgIpc) is 3.41. The predicted molar refractivity (Wildman–Crippen MR) is 149 cm³/mol. The molecule has 0 saturated heterocycles. The third-order valence-electron chi connectivity index (χ3n) is 4.70. The van der Waals surface area contributed by atoms with Gasteiger partial charge in [0, 0.05) is 23.5 Å². The van der Waals surface area contributed by atoms with Gasteiger partial charge >= 0.3 is 11.8 Å². The van der Waals surface area contributed by atoms with Gasteiger partial charge in [0.2, 0.25) is 5.82 Å². The van der Waals surface area contributed by atoms with Crippen LogP contribution in [0, 0.1) is 6.92 Å². The molecule has 3 aromatic carbocycles. The molecule has 1 aromatic heterocycles. The summed E-state index contributed by atoms with van der Waals surface area (Å²) in [5.74, 6) is -0.467. The van der Waals surface area contributed by atoms with E-state index in [-0.39, 0.29) is 27.4 Å². The Bertz CT molecular complexity index is 1230. The number of aryl methyl sites for hydroxylation is 1. The number of anilines is 3. The number of benzene rings is 3. The zero-order chi connectivity index (χ0) is 26.7. The van der Waals surface area contributed by atoms with E-state index in [0.29, 0.717) is 12.1 Å². The van der Waals surface area contributed by atoms with Crippen molar-refractivity contribution in [1.82, 2.24) is 15.5 Å². The Morgan fingerprint density at radius 3 is 2.00 bits per heavy atom. The summed E-state index contributed by atoms with van der Waals surface area (Å²) < 4.78 is 5.07. The smallest absolute Gasteiger partial charge is 0.316 e. The highest BCUT2D eigenvalue weighted by atomic mass is 35.5. The fourth-order valence-corrected chi connectivity index (χ4v) is 3.40.